The Morgan fingerprint density at radius 3 is 2.00 bits per heavy atom. The van der Waals surface area contributed by atoms with Gasteiger partial charge in [-0.3, -0.25) is 24.0 Å². The van der Waals surface area contributed by atoms with E-state index < -0.39 is 43.1 Å². The molecule has 258 valence electrons. The van der Waals surface area contributed by atoms with Crippen molar-refractivity contribution >= 4 is 42.6 Å². The van der Waals surface area contributed by atoms with Gasteiger partial charge in [-0.25, -0.2) is 4.57 Å². The van der Waals surface area contributed by atoms with Gasteiger partial charge in [0.25, 0.3) is 0 Å². The summed E-state index contributed by atoms with van der Waals surface area (Å²) in [7, 11) is -3.31. The summed E-state index contributed by atoms with van der Waals surface area (Å²) in [5.41, 5.74) is -0.560. The number of hydrogen-bond acceptors (Lipinski definition) is 13. The van der Waals surface area contributed by atoms with Crippen LogP contribution < -0.4 is 33.8 Å². The first-order valence-corrected chi connectivity index (χ1v) is 16.4. The Balaban J connectivity index is 1.86. The van der Waals surface area contributed by atoms with Gasteiger partial charge in [0.15, 0.2) is 16.9 Å². The topological polar surface area (TPSA) is 183 Å². The van der Waals surface area contributed by atoms with Crippen molar-refractivity contribution in [1.29, 1.82) is 0 Å². The zero-order valence-electron chi connectivity index (χ0n) is 27.5. The minimum atomic E-state index is -4.49. The standard InChI is InChI=1S/C34H34NO13P/c1-19(2)14-26(34(40)42-6)35-49(41,47-24-10-8-7-9-11-24)48-25-16-31(45-22(5)38)33-27(39)18-29(46-32(33)17-25)23-12-13-28(43-20(3)36)30(15-23)44-21(4)37/h7-13,15-19,26H,14H2,1-6H3,(H,35,41)/t26-,49?/m0/s1. The van der Waals surface area contributed by atoms with Crippen LogP contribution in [-0.4, -0.2) is 37.0 Å². The van der Waals surface area contributed by atoms with Gasteiger partial charge >= 0.3 is 31.6 Å². The van der Waals surface area contributed by atoms with Crippen LogP contribution in [0.25, 0.3) is 22.3 Å². The van der Waals surface area contributed by atoms with E-state index in [4.69, 9.17) is 32.4 Å². The Bertz CT molecular complexity index is 1990. The Morgan fingerprint density at radius 1 is 0.776 bits per heavy atom. The van der Waals surface area contributed by atoms with E-state index in [1.807, 2.05) is 13.8 Å². The zero-order valence-corrected chi connectivity index (χ0v) is 28.4. The maximum absolute atomic E-state index is 14.4. The molecule has 3 aromatic carbocycles. The summed E-state index contributed by atoms with van der Waals surface area (Å²) in [5, 5.41) is 2.52. The number of benzene rings is 3. The molecule has 0 fully saturated rings. The molecule has 15 heteroatoms. The number of fused-ring (bicyclic) bond motifs is 1. The minimum absolute atomic E-state index is 0.0317. The fraction of sp³-hybridized carbons (Fsp3) is 0.265. The number of hydrogen-bond donors (Lipinski definition) is 1. The molecule has 14 nitrogen and oxygen atoms in total. The average molecular weight is 696 g/mol. The molecule has 1 heterocycles. The maximum atomic E-state index is 14.4. The molecule has 0 aliphatic rings. The van der Waals surface area contributed by atoms with Gasteiger partial charge in [0.1, 0.15) is 40.0 Å². The lowest BCUT2D eigenvalue weighted by Gasteiger charge is -2.25. The Morgan fingerprint density at radius 2 is 1.39 bits per heavy atom. The first-order chi connectivity index (χ1) is 23.2. The molecule has 2 atom stereocenters. The van der Waals surface area contributed by atoms with Crippen LogP contribution in [0.2, 0.25) is 0 Å². The van der Waals surface area contributed by atoms with Crippen LogP contribution in [0, 0.1) is 5.92 Å². The van der Waals surface area contributed by atoms with Crippen LogP contribution in [0.4, 0.5) is 0 Å². The maximum Gasteiger partial charge on any atom is 0.513 e. The molecule has 0 aliphatic heterocycles. The van der Waals surface area contributed by atoms with Gasteiger partial charge in [-0.1, -0.05) is 32.0 Å². The second kappa shape index (κ2) is 15.6. The van der Waals surface area contributed by atoms with Crippen LogP contribution in [-0.2, 0) is 28.5 Å². The predicted octanol–water partition coefficient (Wildman–Crippen LogP) is 5.98. The Kier molecular flexibility index (Phi) is 11.6. The number of carbonyl (C=O) groups is 4. The third kappa shape index (κ3) is 9.78. The molecule has 1 aromatic heterocycles. The van der Waals surface area contributed by atoms with E-state index in [-0.39, 0.29) is 63.4 Å². The zero-order chi connectivity index (χ0) is 35.9. The van der Waals surface area contributed by atoms with Crippen molar-refractivity contribution in [2.75, 3.05) is 7.11 Å². The minimum Gasteiger partial charge on any atom is -0.468 e. The van der Waals surface area contributed by atoms with E-state index >= 15 is 0 Å². The number of para-hydroxylation sites is 1. The average Bonchev–Trinajstić information content (AvgIpc) is 3.00. The molecule has 1 unspecified atom stereocenters. The lowest BCUT2D eigenvalue weighted by molar-refractivity contribution is -0.143. The van der Waals surface area contributed by atoms with Crippen molar-refractivity contribution in [2.24, 2.45) is 5.92 Å². The smallest absolute Gasteiger partial charge is 0.468 e. The molecule has 4 rings (SSSR count). The van der Waals surface area contributed by atoms with Crippen molar-refractivity contribution in [3.05, 3.63) is 77.0 Å². The predicted molar refractivity (Wildman–Crippen MR) is 176 cm³/mol. The highest BCUT2D eigenvalue weighted by Gasteiger charge is 2.36. The van der Waals surface area contributed by atoms with Crippen LogP contribution in [0.3, 0.4) is 0 Å². The second-order valence-electron chi connectivity index (χ2n) is 11.0. The summed E-state index contributed by atoms with van der Waals surface area (Å²) >= 11 is 0. The van der Waals surface area contributed by atoms with Crippen molar-refractivity contribution in [2.45, 2.75) is 47.1 Å². The van der Waals surface area contributed by atoms with E-state index in [1.165, 1.54) is 50.4 Å². The van der Waals surface area contributed by atoms with E-state index in [9.17, 15) is 28.5 Å². The Labute approximate surface area is 280 Å². The lowest BCUT2D eigenvalue weighted by atomic mass is 10.1. The highest BCUT2D eigenvalue weighted by Crippen LogP contribution is 2.47. The first kappa shape index (κ1) is 36.4. The molecule has 0 bridgehead atoms. The number of rotatable bonds is 13. The van der Waals surface area contributed by atoms with Gasteiger partial charge in [0.2, 0.25) is 0 Å². The van der Waals surface area contributed by atoms with E-state index in [0.29, 0.717) is 0 Å². The summed E-state index contributed by atoms with van der Waals surface area (Å²) in [4.78, 5) is 61.5. The summed E-state index contributed by atoms with van der Waals surface area (Å²) in [6, 6.07) is 14.6. The molecular weight excluding hydrogens is 661 g/mol. The van der Waals surface area contributed by atoms with Crippen molar-refractivity contribution in [1.82, 2.24) is 5.09 Å². The monoisotopic (exact) mass is 695 g/mol. The van der Waals surface area contributed by atoms with Crippen LogP contribution in [0.15, 0.2) is 75.9 Å². The number of ether oxygens (including phenoxy) is 4. The van der Waals surface area contributed by atoms with Gasteiger partial charge in [-0.15, -0.1) is 0 Å². The molecule has 0 saturated heterocycles. The molecule has 4 aromatic rings. The van der Waals surface area contributed by atoms with Gasteiger partial charge in [0, 0.05) is 44.5 Å². The number of esters is 4. The van der Waals surface area contributed by atoms with Gasteiger partial charge in [0.05, 0.1) is 7.11 Å². The molecule has 1 N–H and O–H groups in total. The molecular formula is C34H34NO13P. The fourth-order valence-corrected chi connectivity index (χ4v) is 6.15. The summed E-state index contributed by atoms with van der Waals surface area (Å²) in [6.45, 7) is 7.16. The summed E-state index contributed by atoms with van der Waals surface area (Å²) in [5.74, 6) is -3.44. The van der Waals surface area contributed by atoms with Crippen LogP contribution in [0.5, 0.6) is 28.7 Å². The molecule has 0 saturated carbocycles. The van der Waals surface area contributed by atoms with Gasteiger partial charge in [-0.2, -0.15) is 5.09 Å². The largest absolute Gasteiger partial charge is 0.513 e. The van der Waals surface area contributed by atoms with E-state index in [1.54, 1.807) is 18.2 Å². The van der Waals surface area contributed by atoms with Crippen LogP contribution in [0.1, 0.15) is 41.0 Å². The van der Waals surface area contributed by atoms with Gasteiger partial charge < -0.3 is 32.4 Å². The van der Waals surface area contributed by atoms with Crippen molar-refractivity contribution in [3.8, 4) is 40.1 Å². The Hall–Kier alpha value is -5.46. The lowest BCUT2D eigenvalue weighted by Crippen LogP contribution is -2.38. The van der Waals surface area contributed by atoms with Crippen molar-refractivity contribution in [3.63, 3.8) is 0 Å². The second-order valence-corrected chi connectivity index (χ2v) is 12.7. The SMILES string of the molecule is COC(=O)[C@H](CC(C)C)NP(=O)(Oc1ccccc1)Oc1cc(OC(C)=O)c2c(=O)cc(-c3ccc(OC(C)=O)c(OC(C)=O)c3)oc2c1. The first-order valence-electron chi connectivity index (χ1n) is 14.9. The molecule has 0 amide bonds. The third-order valence-corrected chi connectivity index (χ3v) is 7.99. The van der Waals surface area contributed by atoms with E-state index in [0.717, 1.165) is 26.0 Å². The molecule has 0 spiro atoms. The quantitative estimate of drug-likeness (QED) is 0.0979. The fourth-order valence-electron chi connectivity index (χ4n) is 4.63. The third-order valence-electron chi connectivity index (χ3n) is 6.46. The number of nitrogens with one attached hydrogen (secondary N) is 1. The van der Waals surface area contributed by atoms with Gasteiger partial charge in [-0.05, 0) is 42.7 Å². The summed E-state index contributed by atoms with van der Waals surface area (Å²) < 4.78 is 52.7. The summed E-state index contributed by atoms with van der Waals surface area (Å²) in [6.07, 6.45) is 0.207. The number of carbonyl (C=O) groups excluding carboxylic acids is 4. The highest BCUT2D eigenvalue weighted by atomic mass is 31.2. The van der Waals surface area contributed by atoms with E-state index in [2.05, 4.69) is 5.09 Å². The van der Waals surface area contributed by atoms with Crippen molar-refractivity contribution < 1.29 is 56.2 Å². The normalized spacial score (nSPS) is 12.8. The highest BCUT2D eigenvalue weighted by molar-refractivity contribution is 7.52. The number of methoxy groups -OCH3 is 1. The molecule has 0 aliphatic carbocycles. The molecule has 49 heavy (non-hydrogen) atoms. The van der Waals surface area contributed by atoms with Crippen LogP contribution >= 0.6 is 7.75 Å². The molecule has 0 radical (unpaired) electrons.